The predicted octanol–water partition coefficient (Wildman–Crippen LogP) is 2.42. The molecule has 43 valence electrons. The maximum absolute atomic E-state index is 5.17. The molecule has 0 saturated carbocycles. The molecule has 0 heteroatoms. The Morgan fingerprint density at radius 2 is 1.88 bits per heavy atom. The molecule has 0 unspecified atom stereocenters. The Bertz CT molecular complexity index is 66.0. The van der Waals surface area contributed by atoms with Crippen molar-refractivity contribution in [1.29, 1.82) is 0 Å². The van der Waals surface area contributed by atoms with E-state index in [0.29, 0.717) is 6.42 Å². The highest BCUT2D eigenvalue weighted by atomic mass is 13.7. The monoisotopic (exact) mass is 107 g/mol. The zero-order valence-electron chi connectivity index (χ0n) is 5.01. The molecule has 0 aromatic heterocycles. The van der Waals surface area contributed by atoms with Crippen LogP contribution in [-0.2, 0) is 0 Å². The average molecular weight is 107 g/mol. The largest absolute Gasteiger partial charge is 0.0845 e. The summed E-state index contributed by atoms with van der Waals surface area (Å²) in [5.74, 6) is 0. The first-order valence-corrected chi connectivity index (χ1v) is 2.72. The first-order chi connectivity index (χ1) is 3.91. The van der Waals surface area contributed by atoms with Crippen LogP contribution in [0.5, 0.6) is 0 Å². The van der Waals surface area contributed by atoms with Gasteiger partial charge in [-0.2, -0.15) is 0 Å². The number of hydrogen-bond acceptors (Lipinski definition) is 0. The highest BCUT2D eigenvalue weighted by Gasteiger charge is 1.62. The van der Waals surface area contributed by atoms with Crippen molar-refractivity contribution in [3.63, 3.8) is 0 Å². The lowest BCUT2D eigenvalue weighted by Gasteiger charge is -1.73. The van der Waals surface area contributed by atoms with Crippen molar-refractivity contribution in [3.05, 3.63) is 38.2 Å². The molecule has 0 bridgehead atoms. The fourth-order valence-corrected chi connectivity index (χ4v) is 0.332. The first kappa shape index (κ1) is 7.48. The van der Waals surface area contributed by atoms with Crippen molar-refractivity contribution in [2.45, 2.75) is 12.8 Å². The second-order valence-electron chi connectivity index (χ2n) is 1.38. The van der Waals surface area contributed by atoms with E-state index in [2.05, 4.69) is 6.92 Å². The van der Waals surface area contributed by atoms with E-state index >= 15 is 0 Å². The molecule has 8 heavy (non-hydrogen) atoms. The van der Waals surface area contributed by atoms with E-state index < -0.39 is 0 Å². The second-order valence-corrected chi connectivity index (χ2v) is 1.38. The van der Waals surface area contributed by atoms with Crippen LogP contribution in [0.15, 0.2) is 24.3 Å². The van der Waals surface area contributed by atoms with Crippen LogP contribution in [0, 0.1) is 13.8 Å². The molecule has 0 aliphatic rings. The molecule has 0 saturated heterocycles. The normalized spacial score (nSPS) is 11.8. The van der Waals surface area contributed by atoms with Crippen molar-refractivity contribution in [2.75, 3.05) is 0 Å². The highest BCUT2D eigenvalue weighted by Crippen LogP contribution is 1.82. The molecular weight excluding hydrogens is 96.1 g/mol. The lowest BCUT2D eigenvalue weighted by atomic mass is 10.3. The van der Waals surface area contributed by atoms with Crippen LogP contribution in [0.2, 0.25) is 0 Å². The zero-order chi connectivity index (χ0) is 6.24. The fraction of sp³-hybridized carbons (Fsp3) is 0.250. The Labute approximate surface area is 51.9 Å². The van der Waals surface area contributed by atoms with Crippen LogP contribution in [0.1, 0.15) is 12.8 Å². The van der Waals surface area contributed by atoms with E-state index in [4.69, 9.17) is 6.92 Å². The summed E-state index contributed by atoms with van der Waals surface area (Å²) in [5.41, 5.74) is 0. The summed E-state index contributed by atoms with van der Waals surface area (Å²) >= 11 is 0. The van der Waals surface area contributed by atoms with Crippen molar-refractivity contribution in [2.24, 2.45) is 0 Å². The molecule has 0 nitrogen and oxygen atoms in total. The molecule has 0 heterocycles. The van der Waals surface area contributed by atoms with Crippen LogP contribution in [0.3, 0.4) is 0 Å². The standard InChI is InChI=1S/C8H11/c1-3-5-7-8-6-4-2/h1,5-8H,2-4H2. The number of allylic oxidation sites excluding steroid dienone is 4. The predicted molar refractivity (Wildman–Crippen MR) is 37.2 cm³/mol. The summed E-state index contributed by atoms with van der Waals surface area (Å²) in [6, 6.07) is 0. The first-order valence-electron chi connectivity index (χ1n) is 2.72. The molecule has 0 aliphatic heterocycles. The molecule has 0 spiro atoms. The van der Waals surface area contributed by atoms with Gasteiger partial charge in [0.25, 0.3) is 0 Å². The molecule has 0 aliphatic carbocycles. The van der Waals surface area contributed by atoms with Gasteiger partial charge in [0.1, 0.15) is 0 Å². The Hall–Kier alpha value is -0.520. The molecule has 0 aromatic rings. The van der Waals surface area contributed by atoms with E-state index in [9.17, 15) is 0 Å². The van der Waals surface area contributed by atoms with E-state index in [0.717, 1.165) is 6.42 Å². The minimum absolute atomic E-state index is 0.613. The minimum Gasteiger partial charge on any atom is -0.0845 e. The van der Waals surface area contributed by atoms with Gasteiger partial charge < -0.3 is 0 Å². The van der Waals surface area contributed by atoms with Crippen LogP contribution >= 0.6 is 0 Å². The maximum Gasteiger partial charge on any atom is -0.0311 e. The Morgan fingerprint density at radius 3 is 2.38 bits per heavy atom. The lowest BCUT2D eigenvalue weighted by Crippen LogP contribution is -1.53. The molecule has 0 N–H and O–H groups in total. The molecule has 0 atom stereocenters. The Balaban J connectivity index is 3.13. The highest BCUT2D eigenvalue weighted by molar-refractivity contribution is 5.02. The summed E-state index contributed by atoms with van der Waals surface area (Å²) in [7, 11) is 0. The van der Waals surface area contributed by atoms with Gasteiger partial charge in [-0.15, -0.1) is 0 Å². The fourth-order valence-electron chi connectivity index (χ4n) is 0.332. The lowest BCUT2D eigenvalue weighted by molar-refractivity contribution is 1.38. The van der Waals surface area contributed by atoms with Crippen molar-refractivity contribution >= 4 is 0 Å². The van der Waals surface area contributed by atoms with E-state index in [1.807, 2.05) is 24.3 Å². The maximum atomic E-state index is 5.17. The van der Waals surface area contributed by atoms with Gasteiger partial charge in [0, 0.05) is 0 Å². The van der Waals surface area contributed by atoms with Crippen molar-refractivity contribution in [1.82, 2.24) is 0 Å². The summed E-state index contributed by atoms with van der Waals surface area (Å²) < 4.78 is 0. The van der Waals surface area contributed by atoms with E-state index in [-0.39, 0.29) is 0 Å². The smallest absolute Gasteiger partial charge is 0.0311 e. The number of hydrogen-bond donors (Lipinski definition) is 0. The van der Waals surface area contributed by atoms with Crippen LogP contribution in [0.25, 0.3) is 0 Å². The van der Waals surface area contributed by atoms with Gasteiger partial charge in [-0.1, -0.05) is 24.3 Å². The van der Waals surface area contributed by atoms with Crippen LogP contribution in [0.4, 0.5) is 0 Å². The van der Waals surface area contributed by atoms with Gasteiger partial charge in [-0.3, -0.25) is 0 Å². The Morgan fingerprint density at radius 1 is 1.25 bits per heavy atom. The van der Waals surface area contributed by atoms with Crippen LogP contribution < -0.4 is 0 Å². The van der Waals surface area contributed by atoms with E-state index in [1.54, 1.807) is 0 Å². The summed E-state index contributed by atoms with van der Waals surface area (Å²) in [5, 5.41) is 0. The minimum atomic E-state index is 0.613. The third-order valence-corrected chi connectivity index (χ3v) is 0.686. The third kappa shape index (κ3) is 5.48. The van der Waals surface area contributed by atoms with Gasteiger partial charge in [0.05, 0.1) is 0 Å². The third-order valence-electron chi connectivity index (χ3n) is 0.686. The van der Waals surface area contributed by atoms with Crippen LogP contribution in [-0.4, -0.2) is 0 Å². The molecule has 0 rings (SSSR count). The van der Waals surface area contributed by atoms with Gasteiger partial charge in [0.15, 0.2) is 0 Å². The average Bonchev–Trinajstić information content (AvgIpc) is 1.81. The molecule has 0 amide bonds. The number of rotatable bonds is 3. The zero-order valence-corrected chi connectivity index (χ0v) is 5.01. The quantitative estimate of drug-likeness (QED) is 0.486. The van der Waals surface area contributed by atoms with Crippen molar-refractivity contribution < 1.29 is 0 Å². The summed E-state index contributed by atoms with van der Waals surface area (Å²) in [6.45, 7) is 8.81. The van der Waals surface area contributed by atoms with Crippen molar-refractivity contribution in [3.8, 4) is 0 Å². The second kappa shape index (κ2) is 6.48. The van der Waals surface area contributed by atoms with Gasteiger partial charge in [-0.05, 0) is 26.7 Å². The van der Waals surface area contributed by atoms with Gasteiger partial charge >= 0.3 is 0 Å². The summed E-state index contributed by atoms with van der Waals surface area (Å²) in [4.78, 5) is 0. The SMILES string of the molecule is [CH]CC=CC=CC[CH2]. The Kier molecular flexibility index (Phi) is 6.06. The molecular formula is C8H11. The summed E-state index contributed by atoms with van der Waals surface area (Å²) in [6.07, 6.45) is 9.19. The van der Waals surface area contributed by atoms with E-state index in [1.165, 1.54) is 0 Å². The van der Waals surface area contributed by atoms with Gasteiger partial charge in [-0.25, -0.2) is 0 Å². The topological polar surface area (TPSA) is 0 Å². The molecule has 0 aromatic carbocycles. The van der Waals surface area contributed by atoms with Gasteiger partial charge in [0.2, 0.25) is 0 Å². The molecule has 0 fully saturated rings. The molecule has 3 radical (unpaired) electrons.